The first-order valence-corrected chi connectivity index (χ1v) is 7.78. The molecule has 2 aromatic rings. The van der Waals surface area contributed by atoms with Crippen molar-refractivity contribution in [2.45, 2.75) is 32.3 Å². The van der Waals surface area contributed by atoms with Crippen LogP contribution < -0.4 is 10.6 Å². The van der Waals surface area contributed by atoms with Crippen LogP contribution in [0, 0.1) is 0 Å². The van der Waals surface area contributed by atoms with Gasteiger partial charge in [-0.25, -0.2) is 0 Å². The summed E-state index contributed by atoms with van der Waals surface area (Å²) in [5, 5.41) is 17.2. The maximum Gasteiger partial charge on any atom is 0.313 e. The van der Waals surface area contributed by atoms with Gasteiger partial charge in [0.25, 0.3) is 0 Å². The monoisotopic (exact) mass is 314 g/mol. The molecule has 0 saturated carbocycles. The Morgan fingerprint density at radius 1 is 1.00 bits per heavy atom. The Labute approximate surface area is 135 Å². The molecule has 2 aromatic carbocycles. The molecule has 5 heteroatoms. The lowest BCUT2D eigenvalue weighted by atomic mass is 9.98. The summed E-state index contributed by atoms with van der Waals surface area (Å²) in [4.78, 5) is 23.8. The van der Waals surface area contributed by atoms with Gasteiger partial charge in [-0.3, -0.25) is 9.59 Å². The summed E-state index contributed by atoms with van der Waals surface area (Å²) in [5.41, 5.74) is -0.413. The van der Waals surface area contributed by atoms with E-state index in [9.17, 15) is 14.7 Å². The minimum Gasteiger partial charge on any atom is -0.388 e. The van der Waals surface area contributed by atoms with Gasteiger partial charge in [0.1, 0.15) is 0 Å². The molecule has 0 aliphatic heterocycles. The van der Waals surface area contributed by atoms with Gasteiger partial charge in [0.2, 0.25) is 0 Å². The molecule has 0 spiro atoms. The molecule has 0 heterocycles. The largest absolute Gasteiger partial charge is 0.388 e. The molecule has 5 nitrogen and oxygen atoms in total. The third-order valence-corrected chi connectivity index (χ3v) is 4.11. The number of benzene rings is 2. The Balaban J connectivity index is 1.98. The molecule has 0 fully saturated rings. The number of rotatable bonds is 5. The number of aliphatic hydroxyl groups is 1. The van der Waals surface area contributed by atoms with Gasteiger partial charge in [0, 0.05) is 12.2 Å². The van der Waals surface area contributed by atoms with Crippen LogP contribution in [0.5, 0.6) is 0 Å². The Hall–Kier alpha value is -2.40. The highest BCUT2D eigenvalue weighted by molar-refractivity contribution is 6.39. The first-order valence-electron chi connectivity index (χ1n) is 7.78. The lowest BCUT2D eigenvalue weighted by molar-refractivity contribution is -0.136. The van der Waals surface area contributed by atoms with E-state index in [-0.39, 0.29) is 6.54 Å². The SMILES string of the molecule is CCC(O)(CC)CNC(=O)C(=O)Nc1ccc2ccccc2c1. The van der Waals surface area contributed by atoms with Crippen molar-refractivity contribution >= 4 is 28.3 Å². The molecule has 0 aliphatic rings. The molecule has 2 rings (SSSR count). The highest BCUT2D eigenvalue weighted by Gasteiger charge is 2.24. The van der Waals surface area contributed by atoms with Crippen molar-refractivity contribution in [3.05, 3.63) is 42.5 Å². The Morgan fingerprint density at radius 2 is 1.65 bits per heavy atom. The second-order valence-electron chi connectivity index (χ2n) is 5.63. The van der Waals surface area contributed by atoms with E-state index in [1.165, 1.54) is 0 Å². The topological polar surface area (TPSA) is 78.4 Å². The molecular weight excluding hydrogens is 292 g/mol. The fourth-order valence-corrected chi connectivity index (χ4v) is 2.28. The maximum absolute atomic E-state index is 11.9. The van der Waals surface area contributed by atoms with Crippen molar-refractivity contribution in [3.8, 4) is 0 Å². The smallest absolute Gasteiger partial charge is 0.313 e. The van der Waals surface area contributed by atoms with Gasteiger partial charge in [0.15, 0.2) is 0 Å². The number of nitrogens with one attached hydrogen (secondary N) is 2. The molecule has 2 amide bonds. The molecule has 0 atom stereocenters. The Kier molecular flexibility index (Phi) is 5.34. The number of carbonyl (C=O) groups is 2. The predicted octanol–water partition coefficient (Wildman–Crippen LogP) is 2.45. The highest BCUT2D eigenvalue weighted by atomic mass is 16.3. The third-order valence-electron chi connectivity index (χ3n) is 4.11. The van der Waals surface area contributed by atoms with E-state index < -0.39 is 17.4 Å². The van der Waals surface area contributed by atoms with Crippen LogP contribution in [-0.2, 0) is 9.59 Å². The first kappa shape index (κ1) is 17.0. The van der Waals surface area contributed by atoms with Crippen molar-refractivity contribution in [2.24, 2.45) is 0 Å². The third kappa shape index (κ3) is 4.29. The molecule has 0 bridgehead atoms. The van der Waals surface area contributed by atoms with Crippen LogP contribution in [0.25, 0.3) is 10.8 Å². The molecule has 0 radical (unpaired) electrons. The fraction of sp³-hybridized carbons (Fsp3) is 0.333. The molecule has 0 aliphatic carbocycles. The zero-order valence-corrected chi connectivity index (χ0v) is 13.4. The number of fused-ring (bicyclic) bond motifs is 1. The van der Waals surface area contributed by atoms with E-state index in [4.69, 9.17) is 0 Å². The predicted molar refractivity (Wildman–Crippen MR) is 91.1 cm³/mol. The average Bonchev–Trinajstić information content (AvgIpc) is 2.59. The normalized spacial score (nSPS) is 11.3. The quantitative estimate of drug-likeness (QED) is 0.742. The van der Waals surface area contributed by atoms with E-state index in [0.29, 0.717) is 18.5 Å². The lowest BCUT2D eigenvalue weighted by Crippen LogP contribution is -2.45. The lowest BCUT2D eigenvalue weighted by Gasteiger charge is -2.25. The Bertz CT molecular complexity index is 708. The van der Waals surface area contributed by atoms with Crippen LogP contribution in [-0.4, -0.2) is 29.1 Å². The van der Waals surface area contributed by atoms with E-state index in [1.54, 1.807) is 6.07 Å². The minimum atomic E-state index is -0.973. The summed E-state index contributed by atoms with van der Waals surface area (Å²) in [5.74, 6) is -1.49. The fourth-order valence-electron chi connectivity index (χ4n) is 2.28. The van der Waals surface area contributed by atoms with Gasteiger partial charge >= 0.3 is 11.8 Å². The van der Waals surface area contributed by atoms with Gasteiger partial charge in [-0.2, -0.15) is 0 Å². The maximum atomic E-state index is 11.9. The first-order chi connectivity index (χ1) is 11.0. The van der Waals surface area contributed by atoms with Crippen LogP contribution in [0.3, 0.4) is 0 Å². The minimum absolute atomic E-state index is 0.0595. The summed E-state index contributed by atoms with van der Waals surface area (Å²) in [6.45, 7) is 3.74. The van der Waals surface area contributed by atoms with Gasteiger partial charge in [-0.05, 0) is 35.7 Å². The van der Waals surface area contributed by atoms with Crippen molar-refractivity contribution in [3.63, 3.8) is 0 Å². The van der Waals surface area contributed by atoms with Crippen LogP contribution >= 0.6 is 0 Å². The second kappa shape index (κ2) is 7.24. The summed E-state index contributed by atoms with van der Waals surface area (Å²) in [7, 11) is 0. The molecular formula is C18H22N2O3. The average molecular weight is 314 g/mol. The van der Waals surface area contributed by atoms with E-state index >= 15 is 0 Å². The standard InChI is InChI=1S/C18H22N2O3/c1-3-18(23,4-2)12-19-16(21)17(22)20-15-10-9-13-7-5-6-8-14(13)11-15/h5-11,23H,3-4,12H2,1-2H3,(H,19,21)(H,20,22). The van der Waals surface area contributed by atoms with Crippen LogP contribution in [0.2, 0.25) is 0 Å². The van der Waals surface area contributed by atoms with Crippen molar-refractivity contribution in [1.29, 1.82) is 0 Å². The molecule has 0 unspecified atom stereocenters. The Morgan fingerprint density at radius 3 is 2.30 bits per heavy atom. The number of hydrogen-bond donors (Lipinski definition) is 3. The summed E-state index contributed by atoms with van der Waals surface area (Å²) in [6, 6.07) is 13.2. The summed E-state index contributed by atoms with van der Waals surface area (Å²) < 4.78 is 0. The summed E-state index contributed by atoms with van der Waals surface area (Å²) in [6.07, 6.45) is 1.02. The van der Waals surface area contributed by atoms with Crippen molar-refractivity contribution in [1.82, 2.24) is 5.32 Å². The van der Waals surface area contributed by atoms with Crippen LogP contribution in [0.4, 0.5) is 5.69 Å². The van der Waals surface area contributed by atoms with E-state index in [1.807, 2.05) is 50.2 Å². The molecule has 3 N–H and O–H groups in total. The van der Waals surface area contributed by atoms with E-state index in [2.05, 4.69) is 10.6 Å². The van der Waals surface area contributed by atoms with Crippen molar-refractivity contribution in [2.75, 3.05) is 11.9 Å². The van der Waals surface area contributed by atoms with Gasteiger partial charge in [-0.15, -0.1) is 0 Å². The van der Waals surface area contributed by atoms with Gasteiger partial charge < -0.3 is 15.7 Å². The van der Waals surface area contributed by atoms with Crippen molar-refractivity contribution < 1.29 is 14.7 Å². The summed E-state index contributed by atoms with van der Waals surface area (Å²) >= 11 is 0. The van der Waals surface area contributed by atoms with E-state index in [0.717, 1.165) is 10.8 Å². The molecule has 23 heavy (non-hydrogen) atoms. The van der Waals surface area contributed by atoms with Gasteiger partial charge in [0.05, 0.1) is 5.60 Å². The number of carbonyl (C=O) groups excluding carboxylic acids is 2. The number of anilines is 1. The highest BCUT2D eigenvalue weighted by Crippen LogP contribution is 2.18. The molecule has 0 aromatic heterocycles. The second-order valence-corrected chi connectivity index (χ2v) is 5.63. The van der Waals surface area contributed by atoms with Crippen LogP contribution in [0.1, 0.15) is 26.7 Å². The van der Waals surface area contributed by atoms with Crippen LogP contribution in [0.15, 0.2) is 42.5 Å². The zero-order chi connectivity index (χ0) is 16.9. The molecule has 122 valence electrons. The number of hydrogen-bond acceptors (Lipinski definition) is 3. The zero-order valence-electron chi connectivity index (χ0n) is 13.4. The number of amides is 2. The molecule has 0 saturated heterocycles. The van der Waals surface area contributed by atoms with Gasteiger partial charge in [-0.1, -0.05) is 44.2 Å².